The summed E-state index contributed by atoms with van der Waals surface area (Å²) in [5.41, 5.74) is 0. The van der Waals surface area contributed by atoms with Gasteiger partial charge in [-0.3, -0.25) is 4.74 Å². The van der Waals surface area contributed by atoms with Gasteiger partial charge in [0.25, 0.3) is 5.85 Å². The first-order chi connectivity index (χ1) is 15.0. The lowest BCUT2D eigenvalue weighted by Gasteiger charge is -2.49. The van der Waals surface area contributed by atoms with Crippen LogP contribution in [-0.2, 0) is 18.9 Å². The van der Waals surface area contributed by atoms with E-state index in [0.717, 1.165) is 0 Å². The Labute approximate surface area is 179 Å². The molecule has 35 heavy (non-hydrogen) atoms. The topological polar surface area (TPSA) is 36.9 Å². The molecule has 0 aromatic heterocycles. The van der Waals surface area contributed by atoms with Crippen LogP contribution in [0.15, 0.2) is 12.7 Å². The van der Waals surface area contributed by atoms with Crippen molar-refractivity contribution >= 4 is 0 Å². The Balaban J connectivity index is 3.19. The first-order valence-electron chi connectivity index (χ1n) is 7.83. The second kappa shape index (κ2) is 8.43. The fraction of sp³-hybridized carbons (Fsp3) is 0.846. The van der Waals surface area contributed by atoms with Gasteiger partial charge < -0.3 is 0 Å². The van der Waals surface area contributed by atoms with Crippen molar-refractivity contribution in [3.63, 3.8) is 0 Å². The number of hydrogen-bond donors (Lipinski definition) is 0. The van der Waals surface area contributed by atoms with Gasteiger partial charge in [-0.25, -0.2) is 27.4 Å². The quantitative estimate of drug-likeness (QED) is 0.207. The van der Waals surface area contributed by atoms with Gasteiger partial charge in [0.2, 0.25) is 0 Å². The number of alkyl halides is 18. The van der Waals surface area contributed by atoms with E-state index < -0.39 is 67.1 Å². The molecule has 0 spiro atoms. The average Bonchev–Trinajstić information content (AvgIpc) is 2.54. The average molecular weight is 568 g/mol. The summed E-state index contributed by atoms with van der Waals surface area (Å²) in [6, 6.07) is 0. The first-order valence-corrected chi connectivity index (χ1v) is 7.83. The number of halogens is 18. The van der Waals surface area contributed by atoms with Crippen molar-refractivity contribution in [3.05, 3.63) is 12.7 Å². The van der Waals surface area contributed by atoms with E-state index >= 15 is 0 Å². The van der Waals surface area contributed by atoms with Crippen LogP contribution in [0.5, 0.6) is 0 Å². The Bertz CT molecular complexity index is 792. The van der Waals surface area contributed by atoms with Crippen molar-refractivity contribution < 1.29 is 98.0 Å². The highest BCUT2D eigenvalue weighted by molar-refractivity contribution is 5.11. The van der Waals surface area contributed by atoms with E-state index in [9.17, 15) is 79.0 Å². The zero-order chi connectivity index (χ0) is 28.3. The maximum atomic E-state index is 14.0. The van der Waals surface area contributed by atoms with E-state index in [1.165, 1.54) is 9.47 Å². The summed E-state index contributed by atoms with van der Waals surface area (Å²) in [4.78, 5) is 0. The van der Waals surface area contributed by atoms with E-state index in [4.69, 9.17) is 0 Å². The summed E-state index contributed by atoms with van der Waals surface area (Å²) < 4.78 is 240. The van der Waals surface area contributed by atoms with Gasteiger partial charge in [0.05, 0.1) is 0 Å². The molecule has 0 bridgehead atoms. The molecule has 0 radical (unpaired) electrons. The lowest BCUT2D eigenvalue weighted by atomic mass is 9.75. The maximum Gasteiger partial charge on any atom is 0.527 e. The van der Waals surface area contributed by atoms with Crippen molar-refractivity contribution in [3.8, 4) is 0 Å². The van der Waals surface area contributed by atoms with Gasteiger partial charge in [-0.1, -0.05) is 6.08 Å². The predicted molar refractivity (Wildman–Crippen MR) is 67.2 cm³/mol. The lowest BCUT2D eigenvalue weighted by Crippen LogP contribution is -2.67. The van der Waals surface area contributed by atoms with Crippen LogP contribution in [0.2, 0.25) is 0 Å². The van der Waals surface area contributed by atoms with E-state index in [1.807, 2.05) is 0 Å². The lowest BCUT2D eigenvalue weighted by molar-refractivity contribution is -0.583. The molecule has 1 fully saturated rings. The fourth-order valence-electron chi connectivity index (χ4n) is 2.08. The third kappa shape index (κ3) is 5.84. The number of hydrogen-bond acceptors (Lipinski definition) is 4. The summed E-state index contributed by atoms with van der Waals surface area (Å²) in [7, 11) is 0. The van der Waals surface area contributed by atoms with Crippen molar-refractivity contribution in [1.29, 1.82) is 0 Å². The van der Waals surface area contributed by atoms with E-state index in [0.29, 0.717) is 0 Å². The molecule has 0 N–H and O–H groups in total. The normalized spacial score (nSPS) is 24.8. The minimum Gasteiger partial charge on any atom is -0.269 e. The smallest absolute Gasteiger partial charge is 0.269 e. The second-order valence-electron chi connectivity index (χ2n) is 6.35. The molecule has 1 aliphatic rings. The van der Waals surface area contributed by atoms with Crippen LogP contribution < -0.4 is 0 Å². The van der Waals surface area contributed by atoms with Crippen LogP contribution >= 0.6 is 0 Å². The molecule has 1 aliphatic carbocycles. The molecule has 2 atom stereocenters. The van der Waals surface area contributed by atoms with Crippen LogP contribution in [-0.4, -0.2) is 54.8 Å². The monoisotopic (exact) mass is 568 g/mol. The molecule has 208 valence electrons. The molecular weight excluding hydrogens is 562 g/mol. The summed E-state index contributed by atoms with van der Waals surface area (Å²) in [6.45, 7) is 2.64. The molecule has 0 unspecified atom stereocenters. The van der Waals surface area contributed by atoms with Crippen molar-refractivity contribution in [1.82, 2.24) is 0 Å². The van der Waals surface area contributed by atoms with Crippen molar-refractivity contribution in [2.45, 2.75) is 61.2 Å². The molecule has 0 heterocycles. The highest BCUT2D eigenvalue weighted by Gasteiger charge is 2.80. The van der Waals surface area contributed by atoms with Crippen LogP contribution in [0.25, 0.3) is 0 Å². The van der Waals surface area contributed by atoms with E-state index in [1.54, 1.807) is 4.74 Å². The van der Waals surface area contributed by atoms with Gasteiger partial charge in [-0.2, -0.15) is 52.7 Å². The van der Waals surface area contributed by atoms with E-state index in [2.05, 4.69) is 11.3 Å². The van der Waals surface area contributed by atoms with Gasteiger partial charge in [-0.05, 0) is 0 Å². The Hall–Kier alpha value is -1.68. The zero-order valence-electron chi connectivity index (χ0n) is 15.5. The summed E-state index contributed by atoms with van der Waals surface area (Å²) in [5, 5.41) is 0. The van der Waals surface area contributed by atoms with Crippen LogP contribution in [0.1, 0.15) is 6.42 Å². The van der Waals surface area contributed by atoms with Crippen molar-refractivity contribution in [2.24, 2.45) is 5.92 Å². The Morgan fingerprint density at radius 2 is 0.886 bits per heavy atom. The fourth-order valence-corrected chi connectivity index (χ4v) is 2.08. The van der Waals surface area contributed by atoms with Crippen LogP contribution in [0.3, 0.4) is 0 Å². The SMILES string of the molecule is C=C[C@@H]1CC(F)(F)[C@@]1(F)OC(F)(F)C(F)(F)OC(F)(F)C(F)(F)OC(F)(F)C(F)(F)OC(F)(F)F. The molecule has 1 saturated carbocycles. The van der Waals surface area contributed by atoms with Crippen molar-refractivity contribution in [2.75, 3.05) is 0 Å². The minimum absolute atomic E-state index is 0.106. The first kappa shape index (κ1) is 31.4. The highest BCUT2D eigenvalue weighted by Crippen LogP contribution is 2.59. The van der Waals surface area contributed by atoms with Gasteiger partial charge in [-0.15, -0.1) is 19.8 Å². The van der Waals surface area contributed by atoms with Gasteiger partial charge in [0.15, 0.2) is 0 Å². The Morgan fingerprint density at radius 3 is 1.17 bits per heavy atom. The third-order valence-electron chi connectivity index (χ3n) is 3.79. The van der Waals surface area contributed by atoms with Gasteiger partial charge in [0.1, 0.15) is 0 Å². The Morgan fingerprint density at radius 1 is 0.571 bits per heavy atom. The molecule has 0 aromatic rings. The molecule has 0 aliphatic heterocycles. The van der Waals surface area contributed by atoms with E-state index in [-0.39, 0.29) is 6.08 Å². The zero-order valence-corrected chi connectivity index (χ0v) is 15.5. The molecule has 22 heteroatoms. The molecule has 0 amide bonds. The second-order valence-corrected chi connectivity index (χ2v) is 6.35. The standard InChI is InChI=1S/C13H6F18O4/c1-2-4-3-5(14,15)6(4,16)32-7(17,18)8(19,20)33-9(21,22)10(23,24)34-11(25,26)12(27,28)35-13(29,30)31/h2,4H,1,3H2/t4-,6+/m1/s1. The molecule has 0 saturated heterocycles. The maximum absolute atomic E-state index is 14.0. The summed E-state index contributed by atoms with van der Waals surface area (Å²) in [6.07, 6.45) is -52.6. The molecule has 1 rings (SSSR count). The van der Waals surface area contributed by atoms with Gasteiger partial charge >= 0.3 is 48.9 Å². The highest BCUT2D eigenvalue weighted by atomic mass is 19.4. The molecule has 4 nitrogen and oxygen atoms in total. The van der Waals surface area contributed by atoms with Gasteiger partial charge in [0, 0.05) is 12.3 Å². The summed E-state index contributed by atoms with van der Waals surface area (Å²) in [5.74, 6) is -12.7. The largest absolute Gasteiger partial charge is 0.527 e. The molecular formula is C13H6F18O4. The third-order valence-corrected chi connectivity index (χ3v) is 3.79. The molecule has 0 aromatic carbocycles. The van der Waals surface area contributed by atoms with Crippen LogP contribution in [0.4, 0.5) is 79.0 Å². The number of ether oxygens (including phenoxy) is 4. The minimum atomic E-state index is -7.61. The predicted octanol–water partition coefficient (Wildman–Crippen LogP) is 6.64. The Kier molecular flexibility index (Phi) is 7.55. The number of rotatable bonds is 11. The van der Waals surface area contributed by atoms with Crippen LogP contribution in [0, 0.1) is 5.92 Å². The summed E-state index contributed by atoms with van der Waals surface area (Å²) >= 11 is 0.